The lowest BCUT2D eigenvalue weighted by atomic mass is 10.0. The molecular weight excluding hydrogens is 1450 g/mol. The minimum atomic E-state index is -3.11. The molecular formula is C73H109N9O22S3. The second-order valence-corrected chi connectivity index (χ2v) is 27.0. The first-order valence-electron chi connectivity index (χ1n) is 36.8. The summed E-state index contributed by atoms with van der Waals surface area (Å²) in [5, 5.41) is 10.9. The number of nitrogens with one attached hydrogen (secondary N) is 2. The van der Waals surface area contributed by atoms with Crippen molar-refractivity contribution in [3.63, 3.8) is 0 Å². The van der Waals surface area contributed by atoms with Crippen LogP contribution >= 0.6 is 22.7 Å². The summed E-state index contributed by atoms with van der Waals surface area (Å²) in [6.07, 6.45) is 13.0. The zero-order valence-corrected chi connectivity index (χ0v) is 64.6. The van der Waals surface area contributed by atoms with Crippen molar-refractivity contribution in [2.75, 3.05) is 183 Å². The van der Waals surface area contributed by atoms with Crippen molar-refractivity contribution < 1.29 is 103 Å². The number of rotatable bonds is 59. The number of fused-ring (bicyclic) bond motifs is 6. The van der Waals surface area contributed by atoms with Crippen LogP contribution in [0.15, 0.2) is 36.4 Å². The number of ether oxygens (including phenoxy) is 12. The third-order valence-corrected chi connectivity index (χ3v) is 18.0. The number of benzene rings is 2. The topological polar surface area (TPSA) is 405 Å². The Morgan fingerprint density at radius 2 is 0.757 bits per heavy atom. The third kappa shape index (κ3) is 39.3. The summed E-state index contributed by atoms with van der Waals surface area (Å²) in [5.74, 6) is -0.621. The molecule has 4 aromatic heterocycles. The van der Waals surface area contributed by atoms with Gasteiger partial charge in [0.25, 0.3) is 11.8 Å². The van der Waals surface area contributed by atoms with E-state index in [4.69, 9.17) is 95.7 Å². The molecule has 34 heteroatoms. The molecule has 2 aromatic carbocycles. The molecule has 0 bridgehead atoms. The van der Waals surface area contributed by atoms with Gasteiger partial charge >= 0.3 is 16.6 Å². The van der Waals surface area contributed by atoms with E-state index in [0.29, 0.717) is 194 Å². The molecule has 0 spiro atoms. The molecule has 31 nitrogen and oxygen atoms in total. The number of unbranched alkanes of at least 4 members (excludes halogenated alkanes) is 4. The van der Waals surface area contributed by atoms with Crippen molar-refractivity contribution >= 4 is 123 Å². The van der Waals surface area contributed by atoms with Gasteiger partial charge in [-0.05, 0) is 94.4 Å². The number of Topliss-reactive ketones (excluding diaryl/α,β-unsaturated/α-hetero) is 1. The fraction of sp³-hybridized carbons (Fsp3) is 0.644. The van der Waals surface area contributed by atoms with Gasteiger partial charge in [-0.25, -0.2) is 24.7 Å². The van der Waals surface area contributed by atoms with E-state index >= 15 is 0 Å². The summed E-state index contributed by atoms with van der Waals surface area (Å²) < 4.78 is 92.7. The van der Waals surface area contributed by atoms with Gasteiger partial charge in [0, 0.05) is 56.0 Å². The number of nitrogens with two attached hydrogens (primary N) is 2. The summed E-state index contributed by atoms with van der Waals surface area (Å²) in [6, 6.07) is 12.9. The number of aromatic nitrogens is 4. The van der Waals surface area contributed by atoms with Gasteiger partial charge in [-0.1, -0.05) is 51.0 Å². The van der Waals surface area contributed by atoms with Gasteiger partial charge in [0.2, 0.25) is 11.8 Å². The quantitative estimate of drug-likeness (QED) is 0.0214. The molecule has 0 radical (unpaired) electrons. The summed E-state index contributed by atoms with van der Waals surface area (Å²) >= 11 is 3.43. The zero-order valence-electron chi connectivity index (χ0n) is 62.2. The number of carbonyl (C=O) groups is 6. The van der Waals surface area contributed by atoms with Crippen LogP contribution in [0.2, 0.25) is 0 Å². The second kappa shape index (κ2) is 56.3. The smallest absolute Gasteiger partial charge is 0.382 e. The van der Waals surface area contributed by atoms with Gasteiger partial charge in [-0.2, -0.15) is 0 Å². The summed E-state index contributed by atoms with van der Waals surface area (Å²) in [5.41, 5.74) is 18.4. The molecule has 0 saturated carbocycles. The first-order chi connectivity index (χ1) is 52.1. The lowest BCUT2D eigenvalue weighted by Gasteiger charge is -2.12. The number of amides is 4. The van der Waals surface area contributed by atoms with Gasteiger partial charge in [0.15, 0.2) is 11.6 Å². The Kier molecular flexibility index (Phi) is 47.6. The number of nitrogens with zero attached hydrogens (tertiary/aromatic N) is 5. The van der Waals surface area contributed by atoms with Crippen LogP contribution in [0.1, 0.15) is 132 Å². The van der Waals surface area contributed by atoms with Crippen LogP contribution in [0.4, 0.5) is 11.6 Å². The number of carbonyl (C=O) groups excluding carboxylic acids is 6. The highest BCUT2D eigenvalue weighted by molar-refractivity contribution is 7.59. The molecule has 1 aliphatic heterocycles. The highest BCUT2D eigenvalue weighted by atomic mass is 32.2. The Morgan fingerprint density at radius 3 is 1.08 bits per heavy atom. The lowest BCUT2D eigenvalue weighted by molar-refractivity contribution is -0.198. The zero-order chi connectivity index (χ0) is 76.9. The number of thiazole rings is 2. The lowest BCUT2D eigenvalue weighted by Crippen LogP contribution is -2.32. The molecule has 5 heterocycles. The van der Waals surface area contributed by atoms with E-state index in [2.05, 4.69) is 70.8 Å². The molecule has 1 fully saturated rings. The maximum atomic E-state index is 12.1. The van der Waals surface area contributed by atoms with Gasteiger partial charge < -0.3 is 83.8 Å². The molecule has 7 rings (SSSR count). The molecule has 0 unspecified atom stereocenters. The normalized spacial score (nSPS) is 12.1. The fourth-order valence-corrected chi connectivity index (χ4v) is 12.7. The number of hydrogen-bond donors (Lipinski definition) is 4. The summed E-state index contributed by atoms with van der Waals surface area (Å²) in [4.78, 5) is 92.9. The molecule has 1 aliphatic rings. The van der Waals surface area contributed by atoms with Crippen LogP contribution in [-0.4, -0.2) is 245 Å². The van der Waals surface area contributed by atoms with E-state index < -0.39 is 28.4 Å². The Hall–Kier alpha value is -7.00. The maximum absolute atomic E-state index is 12.1. The minimum absolute atomic E-state index is 0.00272. The van der Waals surface area contributed by atoms with Crippen molar-refractivity contribution in [3.8, 4) is 0 Å². The molecule has 596 valence electrons. The van der Waals surface area contributed by atoms with Crippen LogP contribution in [0, 0.1) is 0 Å². The van der Waals surface area contributed by atoms with Crippen molar-refractivity contribution in [2.24, 2.45) is 0 Å². The Labute approximate surface area is 635 Å². The predicted octanol–water partition coefficient (Wildman–Crippen LogP) is 7.37. The number of ketones is 1. The first-order valence-corrected chi connectivity index (χ1v) is 39.4. The van der Waals surface area contributed by atoms with Gasteiger partial charge in [-0.15, -0.1) is 40.4 Å². The van der Waals surface area contributed by atoms with E-state index in [9.17, 15) is 28.8 Å². The molecule has 0 atom stereocenters. The van der Waals surface area contributed by atoms with Crippen molar-refractivity contribution in [1.82, 2.24) is 35.6 Å². The van der Waals surface area contributed by atoms with Crippen LogP contribution < -0.4 is 22.1 Å². The number of hydroxylamine groups is 2. The molecule has 4 amide bonds. The average molecular weight is 1560 g/mol. The summed E-state index contributed by atoms with van der Waals surface area (Å²) in [7, 11) is -3.11. The van der Waals surface area contributed by atoms with Gasteiger partial charge in [-0.3, -0.25) is 24.0 Å². The molecule has 0 aliphatic carbocycles. The molecule has 1 saturated heterocycles. The van der Waals surface area contributed by atoms with Crippen LogP contribution in [-0.2, 0) is 127 Å². The van der Waals surface area contributed by atoms with Crippen LogP contribution in [0.25, 0.3) is 42.2 Å². The van der Waals surface area contributed by atoms with Gasteiger partial charge in [0.1, 0.15) is 16.8 Å². The predicted molar refractivity (Wildman–Crippen MR) is 404 cm³/mol. The summed E-state index contributed by atoms with van der Waals surface area (Å²) in [6.45, 7) is 17.1. The number of anilines is 2. The van der Waals surface area contributed by atoms with E-state index in [1.807, 2.05) is 0 Å². The van der Waals surface area contributed by atoms with E-state index in [1.165, 1.54) is 11.1 Å². The van der Waals surface area contributed by atoms with Crippen molar-refractivity contribution in [2.45, 2.75) is 136 Å². The van der Waals surface area contributed by atoms with Crippen molar-refractivity contribution in [3.05, 3.63) is 57.5 Å². The van der Waals surface area contributed by atoms with E-state index in [-0.39, 0.29) is 50.1 Å². The Morgan fingerprint density at radius 1 is 0.439 bits per heavy atom. The number of pyridine rings is 2. The monoisotopic (exact) mass is 1560 g/mol. The third-order valence-electron chi connectivity index (χ3n) is 15.7. The number of nitrogen functional groups attached to an aromatic ring is 2. The standard InChI is InChI=1S/C38H55N5O11S.C35H54N4O8S.O3S/c1-2-6-32-42-36-37(55-32)29-9-8-28(27-30(29)41-38(36)39)7-4-3-5-14-40-31(44)12-15-48-17-19-50-21-23-52-25-26-53-24-22-51-20-18-49-16-13-35(47)54-43-33(45)10-11-34(43)46;1-3-7-32-39-33-34(48-32)29-10-9-28(26-30(29)38-35(33)36)8-5-4-6-13-37-31(41)12-15-43-17-19-45-21-23-47-25-24-46-22-20-44-18-16-42-14-11-27(2)40;1-4(2)3/h8-9,27H,2-7,10-26H2,1H3,(H2,39,41)(H,40,44);9-10,26H,3-8,11-25H2,1-2H3,(H2,36,38)(H,37,41);. The van der Waals surface area contributed by atoms with E-state index in [1.54, 1.807) is 29.6 Å². The van der Waals surface area contributed by atoms with Crippen molar-refractivity contribution in [1.29, 1.82) is 0 Å². The number of aryl methyl sites for hydroxylation is 4. The molecule has 6 N–H and O–H groups in total. The highest BCUT2D eigenvalue weighted by Crippen LogP contribution is 2.35. The first kappa shape index (κ1) is 90.6. The second-order valence-electron chi connectivity index (χ2n) is 24.4. The van der Waals surface area contributed by atoms with Crippen LogP contribution in [0.3, 0.4) is 0 Å². The fourth-order valence-electron chi connectivity index (χ4n) is 10.3. The minimum Gasteiger partial charge on any atom is -0.382 e. The Bertz CT molecular complexity index is 3680. The largest absolute Gasteiger partial charge is 0.425 e. The molecule has 6 aromatic rings. The Balaban J connectivity index is 0.000000369. The van der Waals surface area contributed by atoms with Crippen LogP contribution in [0.5, 0.6) is 0 Å². The average Bonchev–Trinajstić information content (AvgIpc) is 1.65. The highest BCUT2D eigenvalue weighted by Gasteiger charge is 2.32. The van der Waals surface area contributed by atoms with Gasteiger partial charge in [0.05, 0.1) is 195 Å². The maximum Gasteiger partial charge on any atom is 0.425 e. The van der Waals surface area contributed by atoms with E-state index in [0.717, 1.165) is 129 Å². The number of imide groups is 1. The molecule has 107 heavy (non-hydrogen) atoms. The number of hydrogen-bond acceptors (Lipinski definition) is 30. The SMILES string of the molecule is CCCc1nc2c(N)nc3cc(CCCCCNC(=O)CCOCCOCCOCCOCCOCCOCCC(=O)ON4C(=O)CCC4=O)ccc3c2s1.CCCc1nc2c(N)nc3cc(CCCCCNC(=O)CCOCCOCCOCCOCCOCCOCCC(C)=O)ccc3c2s1.O=S(=O)=O.